The SMILES string of the molecule is CCC(CC)(CC(=O)Nc1cnoc1)C(=O)O. The average Bonchev–Trinajstić information content (AvgIpc) is 2.78. The molecular formula is C11H16N2O4. The summed E-state index contributed by atoms with van der Waals surface area (Å²) in [5.74, 6) is -1.29. The number of hydrogen-bond donors (Lipinski definition) is 2. The Bertz CT molecular complexity index is 382. The number of anilines is 1. The molecule has 6 heteroatoms. The third-order valence-corrected chi connectivity index (χ3v) is 3.02. The molecule has 2 N–H and O–H groups in total. The topological polar surface area (TPSA) is 92.4 Å². The van der Waals surface area contributed by atoms with Crippen LogP contribution in [0, 0.1) is 5.41 Å². The van der Waals surface area contributed by atoms with Gasteiger partial charge < -0.3 is 14.9 Å². The van der Waals surface area contributed by atoms with Crippen molar-refractivity contribution < 1.29 is 19.2 Å². The number of aliphatic carboxylic acids is 1. The molecule has 0 radical (unpaired) electrons. The molecule has 0 aliphatic carbocycles. The molecule has 1 rings (SSSR count). The molecule has 1 aromatic heterocycles. The lowest BCUT2D eigenvalue weighted by Gasteiger charge is -2.25. The fraction of sp³-hybridized carbons (Fsp3) is 0.545. The molecular weight excluding hydrogens is 224 g/mol. The third kappa shape index (κ3) is 3.05. The molecule has 17 heavy (non-hydrogen) atoms. The highest BCUT2D eigenvalue weighted by molar-refractivity contribution is 5.93. The zero-order valence-electron chi connectivity index (χ0n) is 9.90. The first-order valence-electron chi connectivity index (χ1n) is 5.46. The van der Waals surface area contributed by atoms with Gasteiger partial charge in [-0.2, -0.15) is 0 Å². The monoisotopic (exact) mass is 240 g/mol. The molecule has 0 aliphatic heterocycles. The average molecular weight is 240 g/mol. The van der Waals surface area contributed by atoms with E-state index in [4.69, 9.17) is 0 Å². The highest BCUT2D eigenvalue weighted by Crippen LogP contribution is 2.31. The lowest BCUT2D eigenvalue weighted by atomic mass is 9.79. The van der Waals surface area contributed by atoms with E-state index in [1.807, 2.05) is 0 Å². The predicted octanol–water partition coefficient (Wildman–Crippen LogP) is 1.89. The van der Waals surface area contributed by atoms with Gasteiger partial charge in [-0.3, -0.25) is 9.59 Å². The fourth-order valence-corrected chi connectivity index (χ4v) is 1.66. The molecule has 0 fully saturated rings. The second kappa shape index (κ2) is 5.47. The van der Waals surface area contributed by atoms with Crippen LogP contribution in [0.1, 0.15) is 33.1 Å². The fourth-order valence-electron chi connectivity index (χ4n) is 1.66. The summed E-state index contributed by atoms with van der Waals surface area (Å²) in [5.41, 5.74) is -0.567. The first-order chi connectivity index (χ1) is 8.04. The van der Waals surface area contributed by atoms with Gasteiger partial charge >= 0.3 is 5.97 Å². The second-order valence-corrected chi connectivity index (χ2v) is 3.93. The quantitative estimate of drug-likeness (QED) is 0.792. The van der Waals surface area contributed by atoms with Crippen molar-refractivity contribution >= 4 is 17.6 Å². The molecule has 0 atom stereocenters. The predicted molar refractivity (Wildman–Crippen MR) is 60.4 cm³/mol. The lowest BCUT2D eigenvalue weighted by molar-refractivity contribution is -0.151. The van der Waals surface area contributed by atoms with E-state index in [1.165, 1.54) is 12.5 Å². The molecule has 0 saturated carbocycles. The molecule has 0 aliphatic rings. The van der Waals surface area contributed by atoms with Crippen LogP contribution < -0.4 is 5.32 Å². The van der Waals surface area contributed by atoms with Crippen molar-refractivity contribution in [1.29, 1.82) is 0 Å². The van der Waals surface area contributed by atoms with Gasteiger partial charge in [0.2, 0.25) is 5.91 Å². The molecule has 0 aromatic carbocycles. The first kappa shape index (κ1) is 13.2. The van der Waals surface area contributed by atoms with Crippen LogP contribution in [0.5, 0.6) is 0 Å². The van der Waals surface area contributed by atoms with Crippen LogP contribution in [0.4, 0.5) is 5.69 Å². The summed E-state index contributed by atoms with van der Waals surface area (Å²) < 4.78 is 4.56. The van der Waals surface area contributed by atoms with E-state index >= 15 is 0 Å². The lowest BCUT2D eigenvalue weighted by Crippen LogP contribution is -2.34. The molecule has 1 amide bonds. The number of nitrogens with one attached hydrogen (secondary N) is 1. The molecule has 1 aromatic rings. The Balaban J connectivity index is 2.68. The zero-order valence-corrected chi connectivity index (χ0v) is 9.90. The van der Waals surface area contributed by atoms with E-state index < -0.39 is 11.4 Å². The Morgan fingerprint density at radius 3 is 2.53 bits per heavy atom. The van der Waals surface area contributed by atoms with Crippen LogP contribution in [-0.4, -0.2) is 22.1 Å². The van der Waals surface area contributed by atoms with Crippen molar-refractivity contribution in [2.45, 2.75) is 33.1 Å². The molecule has 0 bridgehead atoms. The molecule has 0 spiro atoms. The second-order valence-electron chi connectivity index (χ2n) is 3.93. The number of aromatic nitrogens is 1. The van der Waals surface area contributed by atoms with Gasteiger partial charge in [-0.05, 0) is 12.8 Å². The minimum absolute atomic E-state index is 0.0550. The summed E-state index contributed by atoms with van der Waals surface area (Å²) >= 11 is 0. The maximum atomic E-state index is 11.7. The number of carboxylic acid groups (broad SMARTS) is 1. The number of carbonyl (C=O) groups is 2. The standard InChI is InChI=1S/C11H16N2O4/c1-3-11(4-2,10(15)16)5-9(14)13-8-6-12-17-7-8/h6-7H,3-5H2,1-2H3,(H,13,14)(H,15,16). The van der Waals surface area contributed by atoms with Crippen molar-refractivity contribution in [3.8, 4) is 0 Å². The molecule has 6 nitrogen and oxygen atoms in total. The van der Waals surface area contributed by atoms with Crippen LogP contribution in [0.15, 0.2) is 17.0 Å². The number of hydrogen-bond acceptors (Lipinski definition) is 4. The van der Waals surface area contributed by atoms with E-state index in [9.17, 15) is 14.7 Å². The van der Waals surface area contributed by atoms with Crippen LogP contribution in [0.3, 0.4) is 0 Å². The Morgan fingerprint density at radius 1 is 1.47 bits per heavy atom. The van der Waals surface area contributed by atoms with Crippen LogP contribution in [0.25, 0.3) is 0 Å². The Hall–Kier alpha value is -1.85. The van der Waals surface area contributed by atoms with Crippen molar-refractivity contribution in [2.24, 2.45) is 5.41 Å². The van der Waals surface area contributed by atoms with Gasteiger partial charge in [0.1, 0.15) is 12.0 Å². The van der Waals surface area contributed by atoms with Crippen molar-refractivity contribution in [2.75, 3.05) is 5.32 Å². The summed E-state index contributed by atoms with van der Waals surface area (Å²) in [5, 5.41) is 15.2. The van der Waals surface area contributed by atoms with Crippen molar-refractivity contribution in [1.82, 2.24) is 5.16 Å². The number of rotatable bonds is 6. The Kier molecular flexibility index (Phi) is 4.25. The Labute approximate surface area is 99.0 Å². The van der Waals surface area contributed by atoms with E-state index in [1.54, 1.807) is 13.8 Å². The maximum absolute atomic E-state index is 11.7. The van der Waals surface area contributed by atoms with Crippen LogP contribution >= 0.6 is 0 Å². The van der Waals surface area contributed by atoms with Crippen LogP contribution in [0.2, 0.25) is 0 Å². The van der Waals surface area contributed by atoms with Gasteiger partial charge in [-0.25, -0.2) is 0 Å². The first-order valence-corrected chi connectivity index (χ1v) is 5.46. The summed E-state index contributed by atoms with van der Waals surface area (Å²) in [6, 6.07) is 0. The molecule has 0 unspecified atom stereocenters. The van der Waals surface area contributed by atoms with Gasteiger partial charge in [0, 0.05) is 6.42 Å². The van der Waals surface area contributed by atoms with Gasteiger partial charge in [0.25, 0.3) is 0 Å². The van der Waals surface area contributed by atoms with E-state index in [0.29, 0.717) is 18.5 Å². The Morgan fingerprint density at radius 2 is 2.12 bits per heavy atom. The van der Waals surface area contributed by atoms with Gasteiger partial charge in [0.05, 0.1) is 11.6 Å². The number of nitrogens with zero attached hydrogens (tertiary/aromatic N) is 1. The summed E-state index contributed by atoms with van der Waals surface area (Å²) in [7, 11) is 0. The van der Waals surface area contributed by atoms with Crippen molar-refractivity contribution in [3.63, 3.8) is 0 Å². The number of carbonyl (C=O) groups excluding carboxylic acids is 1. The van der Waals surface area contributed by atoms with E-state index in [-0.39, 0.29) is 12.3 Å². The van der Waals surface area contributed by atoms with Crippen molar-refractivity contribution in [3.05, 3.63) is 12.5 Å². The summed E-state index contributed by atoms with van der Waals surface area (Å²) in [6.07, 6.45) is 3.42. The number of amides is 1. The highest BCUT2D eigenvalue weighted by Gasteiger charge is 2.37. The van der Waals surface area contributed by atoms with E-state index in [2.05, 4.69) is 15.0 Å². The summed E-state index contributed by atoms with van der Waals surface area (Å²) in [4.78, 5) is 22.9. The molecule has 94 valence electrons. The molecule has 1 heterocycles. The van der Waals surface area contributed by atoms with Gasteiger partial charge in [0.15, 0.2) is 0 Å². The number of carboxylic acids is 1. The minimum Gasteiger partial charge on any atom is -0.481 e. The molecule has 0 saturated heterocycles. The third-order valence-electron chi connectivity index (χ3n) is 3.02. The maximum Gasteiger partial charge on any atom is 0.310 e. The minimum atomic E-state index is -0.999. The largest absolute Gasteiger partial charge is 0.481 e. The zero-order chi connectivity index (χ0) is 12.9. The van der Waals surface area contributed by atoms with Gasteiger partial charge in [-0.15, -0.1) is 0 Å². The highest BCUT2D eigenvalue weighted by atomic mass is 16.5. The van der Waals surface area contributed by atoms with Gasteiger partial charge in [-0.1, -0.05) is 19.0 Å². The summed E-state index contributed by atoms with van der Waals surface area (Å²) in [6.45, 7) is 3.54. The van der Waals surface area contributed by atoms with E-state index in [0.717, 1.165) is 0 Å². The smallest absolute Gasteiger partial charge is 0.310 e. The van der Waals surface area contributed by atoms with Crippen LogP contribution in [-0.2, 0) is 9.59 Å². The normalized spacial score (nSPS) is 11.2.